The number of nitrogens with two attached hydrogens (primary N) is 1. The molecule has 0 aromatic carbocycles. The number of amides is 1. The van der Waals surface area contributed by atoms with Crippen LogP contribution >= 0.6 is 0 Å². The van der Waals surface area contributed by atoms with Crippen LogP contribution in [0.4, 0.5) is 5.82 Å². The number of pyridine rings is 1. The molecule has 8 heteroatoms. The van der Waals surface area contributed by atoms with Crippen LogP contribution in [-0.2, 0) is 9.84 Å². The number of nitrogen functional groups attached to an aromatic ring is 1. The van der Waals surface area contributed by atoms with E-state index in [1.54, 1.807) is 18.2 Å². The van der Waals surface area contributed by atoms with E-state index in [0.717, 1.165) is 0 Å². The summed E-state index contributed by atoms with van der Waals surface area (Å²) in [6, 6.07) is 4.81. The van der Waals surface area contributed by atoms with Crippen LogP contribution in [0.5, 0.6) is 0 Å². The summed E-state index contributed by atoms with van der Waals surface area (Å²) in [5.74, 6) is 5.38. The van der Waals surface area contributed by atoms with Crippen LogP contribution in [0.25, 0.3) is 0 Å². The highest BCUT2D eigenvalue weighted by atomic mass is 32.2. The van der Waals surface area contributed by atoms with E-state index in [4.69, 9.17) is 5.84 Å². The number of hydrogen-bond acceptors (Lipinski definition) is 6. The molecule has 0 aliphatic carbocycles. The summed E-state index contributed by atoms with van der Waals surface area (Å²) < 4.78 is 23.2. The Morgan fingerprint density at radius 1 is 1.47 bits per heavy atom. The Morgan fingerprint density at radius 3 is 2.89 bits per heavy atom. The average molecular weight is 284 g/mol. The van der Waals surface area contributed by atoms with E-state index in [0.29, 0.717) is 18.7 Å². The molecule has 104 valence electrons. The highest BCUT2D eigenvalue weighted by molar-refractivity contribution is 7.92. The van der Waals surface area contributed by atoms with Gasteiger partial charge in [0, 0.05) is 6.54 Å². The maximum atomic E-state index is 11.8. The third-order valence-electron chi connectivity index (χ3n) is 3.08. The van der Waals surface area contributed by atoms with Gasteiger partial charge in [0.2, 0.25) is 0 Å². The Bertz CT molecular complexity index is 573. The van der Waals surface area contributed by atoms with Crippen molar-refractivity contribution in [1.82, 2.24) is 10.3 Å². The van der Waals surface area contributed by atoms with Crippen molar-refractivity contribution in [1.29, 1.82) is 0 Å². The number of hydrazine groups is 1. The normalized spacial score (nSPS) is 21.0. The van der Waals surface area contributed by atoms with Gasteiger partial charge in [-0.2, -0.15) is 0 Å². The summed E-state index contributed by atoms with van der Waals surface area (Å²) >= 11 is 0. The quantitative estimate of drug-likeness (QED) is 0.515. The van der Waals surface area contributed by atoms with Crippen molar-refractivity contribution in [3.05, 3.63) is 23.9 Å². The summed E-state index contributed by atoms with van der Waals surface area (Å²) in [6.45, 7) is 0.128. The van der Waals surface area contributed by atoms with Gasteiger partial charge in [-0.3, -0.25) is 4.79 Å². The molecule has 0 bridgehead atoms. The molecule has 0 radical (unpaired) electrons. The predicted octanol–water partition coefficient (Wildman–Crippen LogP) is -0.326. The third-order valence-corrected chi connectivity index (χ3v) is 5.36. The number of carbonyl (C=O) groups excluding carboxylic acids is 1. The minimum Gasteiger partial charge on any atom is -0.349 e. The predicted molar refractivity (Wildman–Crippen MR) is 71.2 cm³/mol. The number of nitrogens with one attached hydrogen (secondary N) is 2. The topological polar surface area (TPSA) is 114 Å². The lowest BCUT2D eigenvalue weighted by atomic mass is 10.2. The second-order valence-electron chi connectivity index (χ2n) is 4.39. The van der Waals surface area contributed by atoms with E-state index >= 15 is 0 Å². The first-order chi connectivity index (χ1) is 9.03. The number of anilines is 1. The van der Waals surface area contributed by atoms with Crippen molar-refractivity contribution in [2.24, 2.45) is 5.84 Å². The molecule has 0 saturated carbocycles. The molecule has 1 aromatic heterocycles. The summed E-state index contributed by atoms with van der Waals surface area (Å²) in [6.07, 6.45) is 1.26. The van der Waals surface area contributed by atoms with E-state index < -0.39 is 21.0 Å². The molecule has 1 atom stereocenters. The van der Waals surface area contributed by atoms with Gasteiger partial charge in [-0.05, 0) is 25.0 Å². The summed E-state index contributed by atoms with van der Waals surface area (Å²) in [5, 5.41) is 2.12. The maximum Gasteiger partial charge on any atom is 0.270 e. The van der Waals surface area contributed by atoms with E-state index in [-0.39, 0.29) is 18.0 Å². The van der Waals surface area contributed by atoms with E-state index in [1.165, 1.54) is 0 Å². The van der Waals surface area contributed by atoms with Gasteiger partial charge in [-0.25, -0.2) is 19.2 Å². The van der Waals surface area contributed by atoms with Gasteiger partial charge in [-0.15, -0.1) is 0 Å². The van der Waals surface area contributed by atoms with Crippen molar-refractivity contribution in [3.63, 3.8) is 0 Å². The zero-order chi connectivity index (χ0) is 13.9. The molecule has 1 aliphatic rings. The Hall–Kier alpha value is -1.67. The molecule has 1 aliphatic heterocycles. The molecule has 1 amide bonds. The van der Waals surface area contributed by atoms with E-state index in [2.05, 4.69) is 15.7 Å². The standard InChI is InChI=1S/C11H16N4O3S/c12-15-10-5-1-4-9(14-10)11(16)13-7-8-3-2-6-19(8,17)18/h1,4-5,8H,2-3,6-7,12H2,(H,13,16)(H,14,15). The zero-order valence-electron chi connectivity index (χ0n) is 10.3. The first-order valence-electron chi connectivity index (χ1n) is 5.96. The lowest BCUT2D eigenvalue weighted by Crippen LogP contribution is -2.35. The molecular weight excluding hydrogens is 268 g/mol. The molecular formula is C11H16N4O3S. The van der Waals surface area contributed by atoms with Gasteiger partial charge in [0.15, 0.2) is 9.84 Å². The van der Waals surface area contributed by atoms with Gasteiger partial charge in [-0.1, -0.05) is 6.07 Å². The SMILES string of the molecule is NNc1cccc(C(=O)NCC2CCCS2(=O)=O)n1. The van der Waals surface area contributed by atoms with Crippen molar-refractivity contribution in [3.8, 4) is 0 Å². The van der Waals surface area contributed by atoms with Crippen LogP contribution in [0.3, 0.4) is 0 Å². The highest BCUT2D eigenvalue weighted by Gasteiger charge is 2.31. The Kier molecular flexibility index (Phi) is 4.01. The van der Waals surface area contributed by atoms with Crippen LogP contribution < -0.4 is 16.6 Å². The number of sulfone groups is 1. The fourth-order valence-corrected chi connectivity index (χ4v) is 3.79. The maximum absolute atomic E-state index is 11.8. The zero-order valence-corrected chi connectivity index (χ0v) is 11.1. The fourth-order valence-electron chi connectivity index (χ4n) is 2.03. The molecule has 1 unspecified atom stereocenters. The molecule has 2 rings (SSSR count). The number of carbonyl (C=O) groups is 1. The molecule has 7 nitrogen and oxygen atoms in total. The molecule has 0 spiro atoms. The van der Waals surface area contributed by atoms with Crippen LogP contribution in [0.2, 0.25) is 0 Å². The van der Waals surface area contributed by atoms with Crippen LogP contribution in [0, 0.1) is 0 Å². The molecule has 4 N–H and O–H groups in total. The van der Waals surface area contributed by atoms with Crippen molar-refractivity contribution < 1.29 is 13.2 Å². The molecule has 19 heavy (non-hydrogen) atoms. The van der Waals surface area contributed by atoms with Crippen molar-refractivity contribution >= 4 is 21.6 Å². The third kappa shape index (κ3) is 3.21. The summed E-state index contributed by atoms with van der Waals surface area (Å²) in [5.41, 5.74) is 2.55. The Morgan fingerprint density at radius 2 is 2.26 bits per heavy atom. The Labute approximate surface area is 111 Å². The van der Waals surface area contributed by atoms with Gasteiger partial charge in [0.05, 0.1) is 11.0 Å². The number of nitrogens with zero attached hydrogens (tertiary/aromatic N) is 1. The fraction of sp³-hybridized carbons (Fsp3) is 0.455. The monoisotopic (exact) mass is 284 g/mol. The lowest BCUT2D eigenvalue weighted by Gasteiger charge is -2.10. The van der Waals surface area contributed by atoms with Crippen LogP contribution in [0.1, 0.15) is 23.3 Å². The second-order valence-corrected chi connectivity index (χ2v) is 6.79. The molecule has 1 fully saturated rings. The first-order valence-corrected chi connectivity index (χ1v) is 7.68. The molecule has 1 saturated heterocycles. The van der Waals surface area contributed by atoms with Gasteiger partial charge in [0.1, 0.15) is 11.5 Å². The highest BCUT2D eigenvalue weighted by Crippen LogP contribution is 2.19. The largest absolute Gasteiger partial charge is 0.349 e. The second kappa shape index (κ2) is 5.54. The smallest absolute Gasteiger partial charge is 0.270 e. The van der Waals surface area contributed by atoms with Gasteiger partial charge in [0.25, 0.3) is 5.91 Å². The van der Waals surface area contributed by atoms with Crippen molar-refractivity contribution in [2.75, 3.05) is 17.7 Å². The van der Waals surface area contributed by atoms with E-state index in [1.807, 2.05) is 0 Å². The summed E-state index contributed by atoms with van der Waals surface area (Å²) in [7, 11) is -3.05. The number of hydrogen-bond donors (Lipinski definition) is 3. The number of rotatable bonds is 4. The molecule has 1 aromatic rings. The molecule has 2 heterocycles. The van der Waals surface area contributed by atoms with Crippen LogP contribution in [0.15, 0.2) is 18.2 Å². The first kappa shape index (κ1) is 13.8. The van der Waals surface area contributed by atoms with Crippen molar-refractivity contribution in [2.45, 2.75) is 18.1 Å². The minimum absolute atomic E-state index is 0.128. The van der Waals surface area contributed by atoms with E-state index in [9.17, 15) is 13.2 Å². The average Bonchev–Trinajstić information content (AvgIpc) is 2.75. The Balaban J connectivity index is 1.98. The number of aromatic nitrogens is 1. The lowest BCUT2D eigenvalue weighted by molar-refractivity contribution is 0.0949. The summed E-state index contributed by atoms with van der Waals surface area (Å²) in [4.78, 5) is 15.8. The van der Waals surface area contributed by atoms with Gasteiger partial charge >= 0.3 is 0 Å². The minimum atomic E-state index is -3.05. The van der Waals surface area contributed by atoms with Crippen LogP contribution in [-0.4, -0.2) is 36.9 Å². The van der Waals surface area contributed by atoms with Gasteiger partial charge < -0.3 is 10.7 Å².